The highest BCUT2D eigenvalue weighted by Crippen LogP contribution is 2.28. The highest BCUT2D eigenvalue weighted by molar-refractivity contribution is 7.99. The summed E-state index contributed by atoms with van der Waals surface area (Å²) >= 11 is 1.59. The van der Waals surface area contributed by atoms with Gasteiger partial charge < -0.3 is 4.90 Å². The van der Waals surface area contributed by atoms with Crippen LogP contribution in [0.25, 0.3) is 0 Å². The average molecular weight is 264 g/mol. The van der Waals surface area contributed by atoms with Crippen LogP contribution in [0.3, 0.4) is 0 Å². The van der Waals surface area contributed by atoms with Crippen LogP contribution in [0, 0.1) is 0 Å². The van der Waals surface area contributed by atoms with Crippen molar-refractivity contribution >= 4 is 29.4 Å². The van der Waals surface area contributed by atoms with E-state index in [-0.39, 0.29) is 23.2 Å². The minimum atomic E-state index is -0.382. The van der Waals surface area contributed by atoms with Crippen LogP contribution in [0.1, 0.15) is 6.92 Å². The zero-order valence-corrected chi connectivity index (χ0v) is 11.5. The first-order valence-electron chi connectivity index (χ1n) is 5.76. The molecule has 0 radical (unpaired) electrons. The maximum absolute atomic E-state index is 12.4. The number of amides is 3. The number of thioether (sulfide) groups is 1. The van der Waals surface area contributed by atoms with Crippen molar-refractivity contribution in [1.82, 2.24) is 4.90 Å². The van der Waals surface area contributed by atoms with Crippen molar-refractivity contribution in [1.29, 1.82) is 0 Å². The van der Waals surface area contributed by atoms with Crippen LogP contribution in [0.15, 0.2) is 30.3 Å². The zero-order valence-electron chi connectivity index (χ0n) is 10.7. The van der Waals surface area contributed by atoms with Crippen molar-refractivity contribution in [3.05, 3.63) is 30.3 Å². The average Bonchev–Trinajstić information content (AvgIpc) is 2.61. The van der Waals surface area contributed by atoms with Crippen molar-refractivity contribution in [3.8, 4) is 0 Å². The Balaban J connectivity index is 2.35. The summed E-state index contributed by atoms with van der Waals surface area (Å²) in [5.41, 5.74) is 0.634. The molecule has 2 atom stereocenters. The lowest BCUT2D eigenvalue weighted by molar-refractivity contribution is -0.119. The van der Waals surface area contributed by atoms with Crippen LogP contribution in [0.2, 0.25) is 0 Å². The number of carbonyl (C=O) groups excluding carboxylic acids is 2. The maximum Gasteiger partial charge on any atom is 0.331 e. The van der Waals surface area contributed by atoms with Gasteiger partial charge in [0, 0.05) is 12.3 Å². The molecule has 4 nitrogen and oxygen atoms in total. The number of rotatable bonds is 3. The van der Waals surface area contributed by atoms with Gasteiger partial charge in [0.25, 0.3) is 5.91 Å². The summed E-state index contributed by atoms with van der Waals surface area (Å²) in [6.07, 6.45) is 1.95. The van der Waals surface area contributed by atoms with Gasteiger partial charge in [-0.1, -0.05) is 25.1 Å². The van der Waals surface area contributed by atoms with Crippen molar-refractivity contribution in [3.63, 3.8) is 0 Å². The molecule has 0 spiro atoms. The first-order valence-corrected chi connectivity index (χ1v) is 7.05. The van der Waals surface area contributed by atoms with E-state index in [0.717, 1.165) is 0 Å². The lowest BCUT2D eigenvalue weighted by Gasteiger charge is -2.20. The quantitative estimate of drug-likeness (QED) is 0.786. The molecule has 0 aromatic heterocycles. The van der Waals surface area contributed by atoms with Gasteiger partial charge in [-0.25, -0.2) is 9.69 Å². The molecule has 18 heavy (non-hydrogen) atoms. The van der Waals surface area contributed by atoms with Crippen LogP contribution >= 0.6 is 11.8 Å². The van der Waals surface area contributed by atoms with E-state index in [1.165, 1.54) is 9.80 Å². The largest absolute Gasteiger partial charge is 0.331 e. The Morgan fingerprint density at radius 3 is 2.39 bits per heavy atom. The Morgan fingerprint density at radius 2 is 1.83 bits per heavy atom. The Bertz CT molecular complexity index is 463. The molecule has 0 bridgehead atoms. The summed E-state index contributed by atoms with van der Waals surface area (Å²) < 4.78 is 0. The smallest absolute Gasteiger partial charge is 0.314 e. The summed E-state index contributed by atoms with van der Waals surface area (Å²) in [6, 6.07) is 8.42. The van der Waals surface area contributed by atoms with Crippen LogP contribution < -0.4 is 4.90 Å². The SMILES string of the molecule is CSC(C)C1C(=O)N(c2ccccc2)C(=O)N1C. The number of anilines is 1. The Kier molecular flexibility index (Phi) is 3.61. The van der Waals surface area contributed by atoms with Gasteiger partial charge in [0.05, 0.1) is 5.69 Å². The molecule has 1 heterocycles. The molecule has 1 aliphatic rings. The van der Waals surface area contributed by atoms with Crippen LogP contribution in [0.5, 0.6) is 0 Å². The summed E-state index contributed by atoms with van der Waals surface area (Å²) in [6.45, 7) is 1.96. The third-order valence-corrected chi connectivity index (χ3v) is 4.22. The first kappa shape index (κ1) is 13.0. The molecular weight excluding hydrogens is 248 g/mol. The molecule has 2 rings (SSSR count). The molecule has 96 valence electrons. The second kappa shape index (κ2) is 5.02. The van der Waals surface area contributed by atoms with E-state index in [0.29, 0.717) is 5.69 Å². The highest BCUT2D eigenvalue weighted by Gasteiger charge is 2.46. The topological polar surface area (TPSA) is 40.6 Å². The normalized spacial score (nSPS) is 21.6. The lowest BCUT2D eigenvalue weighted by Crippen LogP contribution is -2.38. The fourth-order valence-corrected chi connectivity index (χ4v) is 2.69. The van der Waals surface area contributed by atoms with Gasteiger partial charge in [-0.05, 0) is 18.4 Å². The third-order valence-electron chi connectivity index (χ3n) is 3.21. The molecule has 5 heteroatoms. The Labute approximate surface area is 111 Å². The second-order valence-corrected chi connectivity index (χ2v) is 5.50. The van der Waals surface area contributed by atoms with Gasteiger partial charge in [-0.3, -0.25) is 4.79 Å². The number of urea groups is 1. The minimum Gasteiger partial charge on any atom is -0.314 e. The van der Waals surface area contributed by atoms with E-state index < -0.39 is 0 Å². The van der Waals surface area contributed by atoms with E-state index in [1.807, 2.05) is 31.4 Å². The molecule has 1 saturated heterocycles. The number of nitrogens with zero attached hydrogens (tertiary/aromatic N) is 2. The number of para-hydroxylation sites is 1. The number of imide groups is 1. The summed E-state index contributed by atoms with van der Waals surface area (Å²) in [5.74, 6) is -0.143. The van der Waals surface area contributed by atoms with E-state index in [9.17, 15) is 9.59 Å². The van der Waals surface area contributed by atoms with E-state index in [2.05, 4.69) is 0 Å². The van der Waals surface area contributed by atoms with Gasteiger partial charge in [-0.15, -0.1) is 0 Å². The van der Waals surface area contributed by atoms with Crippen molar-refractivity contribution in [2.75, 3.05) is 18.2 Å². The Morgan fingerprint density at radius 1 is 1.22 bits per heavy atom. The molecule has 0 aliphatic carbocycles. The first-order chi connectivity index (χ1) is 8.57. The molecule has 1 aromatic rings. The van der Waals surface area contributed by atoms with Crippen molar-refractivity contribution in [2.45, 2.75) is 18.2 Å². The van der Waals surface area contributed by atoms with Gasteiger partial charge in [0.15, 0.2) is 0 Å². The fourth-order valence-electron chi connectivity index (χ4n) is 2.13. The number of hydrogen-bond donors (Lipinski definition) is 0. The Hall–Kier alpha value is -1.49. The lowest BCUT2D eigenvalue weighted by atomic mass is 10.2. The molecule has 1 fully saturated rings. The fraction of sp³-hybridized carbons (Fsp3) is 0.385. The van der Waals surface area contributed by atoms with E-state index in [4.69, 9.17) is 0 Å². The number of carbonyl (C=O) groups is 2. The van der Waals surface area contributed by atoms with E-state index >= 15 is 0 Å². The van der Waals surface area contributed by atoms with Gasteiger partial charge in [0.1, 0.15) is 6.04 Å². The van der Waals surface area contributed by atoms with Gasteiger partial charge in [-0.2, -0.15) is 11.8 Å². The maximum atomic E-state index is 12.4. The molecule has 2 unspecified atom stereocenters. The van der Waals surface area contributed by atoms with Crippen LogP contribution in [-0.4, -0.2) is 41.4 Å². The standard InChI is InChI=1S/C13H16N2O2S/c1-9(18-3)11-12(16)15(13(17)14(11)2)10-7-5-4-6-8-10/h4-9,11H,1-3H3. The number of likely N-dealkylation sites (N-methyl/N-ethyl adjacent to an activating group) is 1. The van der Waals surface area contributed by atoms with E-state index in [1.54, 1.807) is 30.9 Å². The molecule has 0 N–H and O–H groups in total. The highest BCUT2D eigenvalue weighted by atomic mass is 32.2. The monoisotopic (exact) mass is 264 g/mol. The van der Waals surface area contributed by atoms with Gasteiger partial charge in [0.2, 0.25) is 0 Å². The summed E-state index contributed by atoms with van der Waals surface area (Å²) in [4.78, 5) is 27.3. The zero-order chi connectivity index (χ0) is 13.3. The second-order valence-electron chi connectivity index (χ2n) is 4.29. The van der Waals surface area contributed by atoms with Gasteiger partial charge >= 0.3 is 6.03 Å². The molecule has 0 saturated carbocycles. The predicted octanol–water partition coefficient (Wildman–Crippen LogP) is 2.21. The van der Waals surface area contributed by atoms with Crippen LogP contribution in [0.4, 0.5) is 10.5 Å². The molecule has 1 aliphatic heterocycles. The van der Waals surface area contributed by atoms with Crippen LogP contribution in [-0.2, 0) is 4.79 Å². The molecule has 3 amide bonds. The summed E-state index contributed by atoms with van der Waals surface area (Å²) in [7, 11) is 1.68. The summed E-state index contributed by atoms with van der Waals surface area (Å²) in [5, 5.41) is 0.0835. The predicted molar refractivity (Wildman–Crippen MR) is 73.9 cm³/mol. The minimum absolute atomic E-state index is 0.0835. The third kappa shape index (κ3) is 1.99. The number of hydrogen-bond acceptors (Lipinski definition) is 3. The number of benzene rings is 1. The van der Waals surface area contributed by atoms with Crippen molar-refractivity contribution < 1.29 is 9.59 Å². The molecule has 1 aromatic carbocycles. The van der Waals surface area contributed by atoms with Crippen molar-refractivity contribution in [2.24, 2.45) is 0 Å². The molecular formula is C13H16N2O2S.